The number of nitrogens with one attached hydrogen (secondary N) is 3. The average molecular weight is 530 g/mol. The minimum absolute atomic E-state index is 0.00318. The van der Waals surface area contributed by atoms with Crippen molar-refractivity contribution < 1.29 is 17.9 Å². The Bertz CT molecular complexity index is 1260. The fourth-order valence-corrected chi connectivity index (χ4v) is 6.06. The Balaban J connectivity index is 1.19. The lowest BCUT2D eigenvalue weighted by atomic mass is 9.96. The smallest absolute Gasteiger partial charge is 0.257 e. The van der Waals surface area contributed by atoms with Crippen molar-refractivity contribution in [3.63, 3.8) is 0 Å². The highest BCUT2D eigenvalue weighted by Crippen LogP contribution is 2.24. The van der Waals surface area contributed by atoms with Gasteiger partial charge in [0.2, 0.25) is 15.2 Å². The Hall–Kier alpha value is -2.89. The molecule has 0 unspecified atom stereocenters. The Morgan fingerprint density at radius 2 is 1.92 bits per heavy atom. The van der Waals surface area contributed by atoms with Gasteiger partial charge in [0.1, 0.15) is 5.75 Å². The minimum Gasteiger partial charge on any atom is -0.484 e. The summed E-state index contributed by atoms with van der Waals surface area (Å²) in [5.74, 6) is 1.53. The molecule has 1 amide bonds. The summed E-state index contributed by atoms with van der Waals surface area (Å²) in [5.41, 5.74) is 1.62. The van der Waals surface area contributed by atoms with Gasteiger partial charge in [0.15, 0.2) is 12.4 Å². The first kappa shape index (κ1) is 26.2. The number of aromatic amines is 1. The monoisotopic (exact) mass is 529 g/mol. The van der Waals surface area contributed by atoms with Gasteiger partial charge in [-0.05, 0) is 43.5 Å². The Morgan fingerprint density at radius 3 is 2.67 bits per heavy atom. The van der Waals surface area contributed by atoms with E-state index in [9.17, 15) is 13.2 Å². The molecule has 0 bridgehead atoms. The van der Waals surface area contributed by atoms with Crippen molar-refractivity contribution in [2.75, 3.05) is 18.9 Å². The Labute approximate surface area is 215 Å². The second-order valence-corrected chi connectivity index (χ2v) is 11.5. The van der Waals surface area contributed by atoms with Crippen LogP contribution in [0, 0.1) is 6.92 Å². The number of aromatic nitrogens is 3. The van der Waals surface area contributed by atoms with E-state index in [1.807, 2.05) is 30.3 Å². The summed E-state index contributed by atoms with van der Waals surface area (Å²) in [7, 11) is -3.58. The van der Waals surface area contributed by atoms with Crippen LogP contribution in [0.25, 0.3) is 11.4 Å². The zero-order valence-corrected chi connectivity index (χ0v) is 21.8. The molecule has 3 aromatic rings. The Morgan fingerprint density at radius 1 is 1.14 bits per heavy atom. The van der Waals surface area contributed by atoms with Crippen LogP contribution in [0.1, 0.15) is 37.7 Å². The van der Waals surface area contributed by atoms with E-state index in [0.717, 1.165) is 37.7 Å². The molecule has 0 atom stereocenters. The number of amides is 1. The Kier molecular flexibility index (Phi) is 9.00. The summed E-state index contributed by atoms with van der Waals surface area (Å²) in [4.78, 5) is 16.8. The van der Waals surface area contributed by atoms with E-state index < -0.39 is 10.0 Å². The number of sulfonamides is 1. The SMILES string of the molecule is Cc1cc(S(=O)(=O)NC2CCCCC2)ccc1OCC(=O)NCCSc1n[nH]c(-c2ccccc2)n1. The maximum atomic E-state index is 12.7. The number of benzene rings is 2. The van der Waals surface area contributed by atoms with Crippen LogP contribution in [0.15, 0.2) is 58.6 Å². The number of carbonyl (C=O) groups excluding carboxylic acids is 1. The predicted molar refractivity (Wildman–Crippen MR) is 139 cm³/mol. The van der Waals surface area contributed by atoms with Crippen LogP contribution in [0.4, 0.5) is 0 Å². The van der Waals surface area contributed by atoms with E-state index in [-0.39, 0.29) is 23.5 Å². The molecule has 0 aliphatic heterocycles. The van der Waals surface area contributed by atoms with Gasteiger partial charge in [0.05, 0.1) is 4.90 Å². The van der Waals surface area contributed by atoms with E-state index >= 15 is 0 Å². The lowest BCUT2D eigenvalue weighted by Gasteiger charge is -2.22. The van der Waals surface area contributed by atoms with Gasteiger partial charge in [-0.15, -0.1) is 5.10 Å². The molecule has 4 rings (SSSR count). The quantitative estimate of drug-likeness (QED) is 0.255. The number of H-pyrrole nitrogens is 1. The first-order chi connectivity index (χ1) is 17.4. The van der Waals surface area contributed by atoms with Gasteiger partial charge in [-0.3, -0.25) is 9.89 Å². The highest BCUT2D eigenvalue weighted by molar-refractivity contribution is 7.99. The predicted octanol–water partition coefficient (Wildman–Crippen LogP) is 3.68. The molecule has 11 heteroatoms. The summed E-state index contributed by atoms with van der Waals surface area (Å²) in [6.07, 6.45) is 5.01. The minimum atomic E-state index is -3.58. The average Bonchev–Trinajstić information content (AvgIpc) is 3.36. The third-order valence-electron chi connectivity index (χ3n) is 5.91. The van der Waals surface area contributed by atoms with Crippen LogP contribution in [0.2, 0.25) is 0 Å². The normalized spacial score (nSPS) is 14.5. The first-order valence-electron chi connectivity index (χ1n) is 12.0. The molecule has 2 aromatic carbocycles. The molecular formula is C25H31N5O4S2. The van der Waals surface area contributed by atoms with E-state index in [1.54, 1.807) is 19.1 Å². The number of nitrogens with zero attached hydrogens (tertiary/aromatic N) is 2. The molecule has 9 nitrogen and oxygen atoms in total. The van der Waals surface area contributed by atoms with Crippen molar-refractivity contribution in [2.24, 2.45) is 0 Å². The molecule has 1 fully saturated rings. The maximum absolute atomic E-state index is 12.7. The zero-order chi connectivity index (χ0) is 25.4. The first-order valence-corrected chi connectivity index (χ1v) is 14.5. The molecule has 1 heterocycles. The third kappa shape index (κ3) is 7.31. The van der Waals surface area contributed by atoms with Crippen LogP contribution < -0.4 is 14.8 Å². The van der Waals surface area contributed by atoms with Crippen LogP contribution in [-0.4, -0.2) is 54.5 Å². The molecule has 192 valence electrons. The standard InChI is InChI=1S/C25H31N5O4S2/c1-18-16-21(36(32,33)30-20-10-6-3-7-11-20)12-13-22(18)34-17-23(31)26-14-15-35-25-27-24(28-29-25)19-8-4-2-5-9-19/h2,4-5,8-9,12-13,16,20,30H,3,6-7,10-11,14-15,17H2,1H3,(H,26,31)(H,27,28,29). The number of ether oxygens (including phenoxy) is 1. The van der Waals surface area contributed by atoms with E-state index in [4.69, 9.17) is 4.74 Å². The summed E-state index contributed by atoms with van der Waals surface area (Å²) in [5, 5.41) is 10.5. The lowest BCUT2D eigenvalue weighted by Crippen LogP contribution is -2.36. The molecule has 0 spiro atoms. The van der Waals surface area contributed by atoms with Crippen molar-refractivity contribution in [3.05, 3.63) is 54.1 Å². The second-order valence-electron chi connectivity index (χ2n) is 8.70. The molecule has 1 aromatic heterocycles. The topological polar surface area (TPSA) is 126 Å². The zero-order valence-electron chi connectivity index (χ0n) is 20.2. The number of thioether (sulfide) groups is 1. The van der Waals surface area contributed by atoms with Gasteiger partial charge in [0.25, 0.3) is 5.91 Å². The largest absolute Gasteiger partial charge is 0.484 e. The van der Waals surface area contributed by atoms with Crippen molar-refractivity contribution in [3.8, 4) is 17.1 Å². The molecule has 3 N–H and O–H groups in total. The molecule has 1 aliphatic carbocycles. The lowest BCUT2D eigenvalue weighted by molar-refractivity contribution is -0.122. The van der Waals surface area contributed by atoms with Gasteiger partial charge in [-0.1, -0.05) is 61.4 Å². The number of hydrogen-bond donors (Lipinski definition) is 3. The summed E-state index contributed by atoms with van der Waals surface area (Å²) >= 11 is 1.44. The van der Waals surface area contributed by atoms with Crippen LogP contribution in [0.5, 0.6) is 5.75 Å². The fraction of sp³-hybridized carbons (Fsp3) is 0.400. The van der Waals surface area contributed by atoms with Crippen molar-refractivity contribution in [1.82, 2.24) is 25.2 Å². The molecule has 1 aliphatic rings. The van der Waals surface area contributed by atoms with Crippen LogP contribution in [0.3, 0.4) is 0 Å². The van der Waals surface area contributed by atoms with Gasteiger partial charge in [-0.25, -0.2) is 18.1 Å². The van der Waals surface area contributed by atoms with E-state index in [0.29, 0.717) is 34.6 Å². The molecule has 0 radical (unpaired) electrons. The van der Waals surface area contributed by atoms with Gasteiger partial charge in [-0.2, -0.15) is 0 Å². The fourth-order valence-electron chi connectivity index (χ4n) is 4.02. The van der Waals surface area contributed by atoms with E-state index in [2.05, 4.69) is 25.2 Å². The highest BCUT2D eigenvalue weighted by Gasteiger charge is 2.22. The van der Waals surface area contributed by atoms with Crippen molar-refractivity contribution in [1.29, 1.82) is 0 Å². The number of aryl methyl sites for hydroxylation is 1. The summed E-state index contributed by atoms with van der Waals surface area (Å²) in [6.45, 7) is 2.05. The van der Waals surface area contributed by atoms with Crippen LogP contribution in [-0.2, 0) is 14.8 Å². The molecular weight excluding hydrogens is 498 g/mol. The summed E-state index contributed by atoms with van der Waals surface area (Å²) in [6, 6.07) is 14.4. The van der Waals surface area contributed by atoms with Gasteiger partial charge >= 0.3 is 0 Å². The number of hydrogen-bond acceptors (Lipinski definition) is 7. The van der Waals surface area contributed by atoms with E-state index in [1.165, 1.54) is 17.8 Å². The van der Waals surface area contributed by atoms with Crippen molar-refractivity contribution >= 4 is 27.7 Å². The van der Waals surface area contributed by atoms with Gasteiger partial charge < -0.3 is 10.1 Å². The molecule has 0 saturated heterocycles. The molecule has 36 heavy (non-hydrogen) atoms. The third-order valence-corrected chi connectivity index (χ3v) is 8.28. The summed E-state index contributed by atoms with van der Waals surface area (Å²) < 4.78 is 33.9. The maximum Gasteiger partial charge on any atom is 0.257 e. The molecule has 1 saturated carbocycles. The van der Waals surface area contributed by atoms with Crippen molar-refractivity contribution in [2.45, 2.75) is 55.1 Å². The van der Waals surface area contributed by atoms with Crippen LogP contribution >= 0.6 is 11.8 Å². The van der Waals surface area contributed by atoms with Gasteiger partial charge in [0, 0.05) is 23.9 Å². The highest BCUT2D eigenvalue weighted by atomic mass is 32.2. The number of rotatable bonds is 11. The number of carbonyl (C=O) groups is 1. The second kappa shape index (κ2) is 12.4.